The number of rotatable bonds is 6. The van der Waals surface area contributed by atoms with Gasteiger partial charge in [-0.25, -0.2) is 0 Å². The van der Waals surface area contributed by atoms with Crippen LogP contribution in [0.25, 0.3) is 22.2 Å². The Morgan fingerprint density at radius 1 is 1.10 bits per heavy atom. The molecule has 0 spiro atoms. The molecule has 0 aliphatic heterocycles. The quantitative estimate of drug-likeness (QED) is 0.471. The second-order valence-electron chi connectivity index (χ2n) is 7.31. The van der Waals surface area contributed by atoms with Gasteiger partial charge in [-0.3, -0.25) is 4.79 Å². The number of aromatic nitrogens is 2. The van der Waals surface area contributed by atoms with E-state index in [0.29, 0.717) is 17.5 Å². The van der Waals surface area contributed by atoms with Gasteiger partial charge in [0.15, 0.2) is 6.10 Å². The zero-order valence-corrected chi connectivity index (χ0v) is 17.2. The van der Waals surface area contributed by atoms with Crippen LogP contribution in [0, 0.1) is 6.92 Å². The highest BCUT2D eigenvalue weighted by Crippen LogP contribution is 2.26. The summed E-state index contributed by atoms with van der Waals surface area (Å²) in [6, 6.07) is 21.6. The number of nitrogens with zero attached hydrogens (tertiary/aromatic N) is 3. The highest BCUT2D eigenvalue weighted by Gasteiger charge is 2.22. The number of ether oxygens (including phenoxy) is 1. The molecule has 6 nitrogen and oxygen atoms in total. The zero-order valence-electron chi connectivity index (χ0n) is 17.2. The van der Waals surface area contributed by atoms with E-state index in [0.717, 1.165) is 21.9 Å². The van der Waals surface area contributed by atoms with E-state index < -0.39 is 6.10 Å². The third-order valence-electron chi connectivity index (χ3n) is 4.89. The van der Waals surface area contributed by atoms with Gasteiger partial charge in [0, 0.05) is 18.0 Å². The van der Waals surface area contributed by atoms with Crippen molar-refractivity contribution < 1.29 is 14.1 Å². The second-order valence-corrected chi connectivity index (χ2v) is 7.31. The predicted molar refractivity (Wildman–Crippen MR) is 115 cm³/mol. The summed E-state index contributed by atoms with van der Waals surface area (Å²) in [4.78, 5) is 18.8. The van der Waals surface area contributed by atoms with E-state index in [1.165, 1.54) is 4.90 Å². The van der Waals surface area contributed by atoms with E-state index >= 15 is 0 Å². The smallest absolute Gasteiger partial charge is 0.263 e. The van der Waals surface area contributed by atoms with Gasteiger partial charge in [0.25, 0.3) is 5.91 Å². The van der Waals surface area contributed by atoms with Crippen LogP contribution in [0.15, 0.2) is 71.3 Å². The SMILES string of the molecule is Cc1cccc(-c2noc(CN(C)C(=O)[C@@H](C)Oc3cccc4ccccc34)n2)c1. The fourth-order valence-corrected chi connectivity index (χ4v) is 3.35. The lowest BCUT2D eigenvalue weighted by molar-refractivity contribution is -0.137. The summed E-state index contributed by atoms with van der Waals surface area (Å²) < 4.78 is 11.3. The van der Waals surface area contributed by atoms with Crippen molar-refractivity contribution in [1.82, 2.24) is 15.0 Å². The summed E-state index contributed by atoms with van der Waals surface area (Å²) in [5.74, 6) is 1.40. The van der Waals surface area contributed by atoms with Gasteiger partial charge in [0.05, 0.1) is 6.54 Å². The molecule has 1 aromatic heterocycles. The Labute approximate surface area is 175 Å². The molecule has 0 aliphatic rings. The van der Waals surface area contributed by atoms with Crippen molar-refractivity contribution >= 4 is 16.7 Å². The van der Waals surface area contributed by atoms with Crippen LogP contribution in [0.1, 0.15) is 18.4 Å². The van der Waals surface area contributed by atoms with E-state index in [4.69, 9.17) is 9.26 Å². The van der Waals surface area contributed by atoms with Gasteiger partial charge in [-0.05, 0) is 31.4 Å². The number of carbonyl (C=O) groups excluding carboxylic acids is 1. The number of aryl methyl sites for hydroxylation is 1. The first kappa shape index (κ1) is 19.6. The van der Waals surface area contributed by atoms with Crippen LogP contribution < -0.4 is 4.74 Å². The topological polar surface area (TPSA) is 68.5 Å². The monoisotopic (exact) mass is 401 g/mol. The lowest BCUT2D eigenvalue weighted by atomic mass is 10.1. The number of benzene rings is 3. The van der Waals surface area contributed by atoms with Gasteiger partial charge >= 0.3 is 0 Å². The highest BCUT2D eigenvalue weighted by atomic mass is 16.5. The largest absolute Gasteiger partial charge is 0.480 e. The van der Waals surface area contributed by atoms with E-state index in [2.05, 4.69) is 10.1 Å². The average Bonchev–Trinajstić information content (AvgIpc) is 3.22. The van der Waals surface area contributed by atoms with Crippen molar-refractivity contribution in [3.8, 4) is 17.1 Å². The average molecular weight is 401 g/mol. The van der Waals surface area contributed by atoms with Crippen LogP contribution in [-0.4, -0.2) is 34.1 Å². The lowest BCUT2D eigenvalue weighted by Gasteiger charge is -2.21. The minimum Gasteiger partial charge on any atom is -0.480 e. The van der Waals surface area contributed by atoms with Crippen molar-refractivity contribution in [2.75, 3.05) is 7.05 Å². The van der Waals surface area contributed by atoms with Gasteiger partial charge < -0.3 is 14.2 Å². The minimum atomic E-state index is -0.653. The van der Waals surface area contributed by atoms with E-state index in [9.17, 15) is 4.79 Å². The van der Waals surface area contributed by atoms with Gasteiger partial charge in [0.2, 0.25) is 11.7 Å². The number of hydrogen-bond acceptors (Lipinski definition) is 5. The third kappa shape index (κ3) is 4.17. The summed E-state index contributed by atoms with van der Waals surface area (Å²) in [7, 11) is 1.70. The molecule has 3 aromatic carbocycles. The fourth-order valence-electron chi connectivity index (χ4n) is 3.35. The molecule has 0 N–H and O–H groups in total. The van der Waals surface area contributed by atoms with Crippen LogP contribution in [0.2, 0.25) is 0 Å². The fraction of sp³-hybridized carbons (Fsp3) is 0.208. The van der Waals surface area contributed by atoms with Gasteiger partial charge in [-0.15, -0.1) is 0 Å². The standard InChI is InChI=1S/C24H23N3O3/c1-16-8-6-11-19(14-16)23-25-22(30-26-23)15-27(3)24(28)17(2)29-21-13-7-10-18-9-4-5-12-20(18)21/h4-14,17H,15H2,1-3H3/t17-/m1/s1. The molecule has 1 amide bonds. The number of carbonyl (C=O) groups is 1. The van der Waals surface area contributed by atoms with Crippen LogP contribution in [0.5, 0.6) is 5.75 Å². The second kappa shape index (κ2) is 8.37. The molecule has 0 radical (unpaired) electrons. The molecular weight excluding hydrogens is 378 g/mol. The van der Waals surface area contributed by atoms with Gasteiger partial charge in [-0.2, -0.15) is 4.98 Å². The van der Waals surface area contributed by atoms with Crippen LogP contribution in [0.3, 0.4) is 0 Å². The van der Waals surface area contributed by atoms with Crippen molar-refractivity contribution in [2.45, 2.75) is 26.5 Å². The Balaban J connectivity index is 1.43. The zero-order chi connectivity index (χ0) is 21.1. The van der Waals surface area contributed by atoms with Crippen molar-refractivity contribution in [3.05, 3.63) is 78.2 Å². The Bertz CT molecular complexity index is 1180. The molecule has 4 aromatic rings. The van der Waals surface area contributed by atoms with E-state index in [1.54, 1.807) is 14.0 Å². The van der Waals surface area contributed by atoms with Crippen molar-refractivity contribution in [3.63, 3.8) is 0 Å². The predicted octanol–water partition coefficient (Wildman–Crippen LogP) is 4.62. The summed E-state index contributed by atoms with van der Waals surface area (Å²) in [5, 5.41) is 6.07. The van der Waals surface area contributed by atoms with E-state index in [1.807, 2.05) is 73.7 Å². The van der Waals surface area contributed by atoms with Crippen LogP contribution in [-0.2, 0) is 11.3 Å². The highest BCUT2D eigenvalue weighted by molar-refractivity contribution is 5.89. The molecule has 0 bridgehead atoms. The first-order valence-electron chi connectivity index (χ1n) is 9.80. The lowest BCUT2D eigenvalue weighted by Crippen LogP contribution is -2.37. The molecule has 0 saturated carbocycles. The molecule has 1 heterocycles. The number of likely N-dealkylation sites (N-methyl/N-ethyl adjacent to an activating group) is 1. The Hall–Kier alpha value is -3.67. The molecule has 0 saturated heterocycles. The molecule has 1 atom stereocenters. The minimum absolute atomic E-state index is 0.168. The molecule has 152 valence electrons. The van der Waals surface area contributed by atoms with Gasteiger partial charge in [0.1, 0.15) is 5.75 Å². The van der Waals surface area contributed by atoms with Crippen molar-refractivity contribution in [1.29, 1.82) is 0 Å². The molecule has 6 heteroatoms. The molecule has 0 unspecified atom stereocenters. The number of fused-ring (bicyclic) bond motifs is 1. The number of amides is 1. The molecular formula is C24H23N3O3. The third-order valence-corrected chi connectivity index (χ3v) is 4.89. The maximum Gasteiger partial charge on any atom is 0.263 e. The Morgan fingerprint density at radius 3 is 2.70 bits per heavy atom. The summed E-state index contributed by atoms with van der Waals surface area (Å²) in [5.41, 5.74) is 2.00. The maximum absolute atomic E-state index is 12.8. The summed E-state index contributed by atoms with van der Waals surface area (Å²) in [6.07, 6.45) is -0.653. The van der Waals surface area contributed by atoms with Crippen LogP contribution in [0.4, 0.5) is 0 Å². The Kier molecular flexibility index (Phi) is 5.48. The summed E-state index contributed by atoms with van der Waals surface area (Å²) in [6.45, 7) is 3.96. The van der Waals surface area contributed by atoms with Crippen molar-refractivity contribution in [2.24, 2.45) is 0 Å². The molecule has 30 heavy (non-hydrogen) atoms. The number of hydrogen-bond donors (Lipinski definition) is 0. The van der Waals surface area contributed by atoms with Crippen LogP contribution >= 0.6 is 0 Å². The molecule has 0 aliphatic carbocycles. The first-order chi connectivity index (χ1) is 14.5. The van der Waals surface area contributed by atoms with E-state index in [-0.39, 0.29) is 12.5 Å². The Morgan fingerprint density at radius 2 is 1.87 bits per heavy atom. The molecule has 0 fully saturated rings. The van der Waals surface area contributed by atoms with Gasteiger partial charge in [-0.1, -0.05) is 65.3 Å². The maximum atomic E-state index is 12.8. The summed E-state index contributed by atoms with van der Waals surface area (Å²) >= 11 is 0. The normalized spacial score (nSPS) is 12.0. The first-order valence-corrected chi connectivity index (χ1v) is 9.80. The molecule has 4 rings (SSSR count).